The van der Waals surface area contributed by atoms with E-state index in [2.05, 4.69) is 40.9 Å². The van der Waals surface area contributed by atoms with Crippen LogP contribution in [0.25, 0.3) is 38.3 Å². The number of hydrogen-bond donors (Lipinski definition) is 5. The minimum Gasteiger partial charge on any atom is -0.505 e. The largest absolute Gasteiger partial charge is 0.505 e. The molecule has 0 saturated carbocycles. The summed E-state index contributed by atoms with van der Waals surface area (Å²) in [5.41, 5.74) is 2.83. The van der Waals surface area contributed by atoms with Crippen LogP contribution in [0, 0.1) is 13.8 Å². The van der Waals surface area contributed by atoms with Crippen LogP contribution in [0.1, 0.15) is 11.1 Å². The third-order valence-corrected chi connectivity index (χ3v) is 13.3. The molecule has 0 aliphatic rings. The zero-order chi connectivity index (χ0) is 47.5. The average Bonchev–Trinajstić information content (AvgIpc) is 3.70. The molecule has 8 rings (SSSR count). The van der Waals surface area contributed by atoms with Gasteiger partial charge in [-0.2, -0.15) is 64.0 Å². The molecule has 1 heterocycles. The Morgan fingerprint density at radius 2 is 0.985 bits per heavy atom. The first kappa shape index (κ1) is 45.3. The van der Waals surface area contributed by atoms with Crippen molar-refractivity contribution in [3.05, 3.63) is 120 Å². The van der Waals surface area contributed by atoms with Crippen molar-refractivity contribution in [3.63, 3.8) is 0 Å². The van der Waals surface area contributed by atoms with Crippen molar-refractivity contribution in [2.24, 2.45) is 30.7 Å². The van der Waals surface area contributed by atoms with Gasteiger partial charge >= 0.3 is 0 Å². The highest BCUT2D eigenvalue weighted by molar-refractivity contribution is 7.87. The Bertz CT molecular complexity index is 3900. The second kappa shape index (κ2) is 16.6. The normalized spacial score (nSPS) is 13.1. The Morgan fingerprint density at radius 1 is 0.470 bits per heavy atom. The molecule has 7 aromatic carbocycles. The van der Waals surface area contributed by atoms with E-state index < -0.39 is 66.6 Å². The summed E-state index contributed by atoms with van der Waals surface area (Å²) in [5.74, 6) is -0.655. The van der Waals surface area contributed by atoms with E-state index in [1.54, 1.807) is 50.2 Å². The topological polar surface area (TPSA) is 343 Å². The molecule has 0 aliphatic carbocycles. The van der Waals surface area contributed by atoms with E-state index in [1.807, 2.05) is 0 Å². The summed E-state index contributed by atoms with van der Waals surface area (Å²) in [6.45, 7) is 3.41. The van der Waals surface area contributed by atoms with Crippen molar-refractivity contribution in [1.82, 2.24) is 15.0 Å². The number of phenolic OH excluding ortho intramolecular Hbond substituents is 1. The van der Waals surface area contributed by atoms with Crippen LogP contribution in [-0.2, 0) is 40.5 Å². The third kappa shape index (κ3) is 9.28. The molecule has 0 bridgehead atoms. The maximum Gasteiger partial charge on any atom is 0.296 e. The second-order valence-electron chi connectivity index (χ2n) is 14.4. The van der Waals surface area contributed by atoms with Crippen LogP contribution in [0.15, 0.2) is 159 Å². The van der Waals surface area contributed by atoms with Crippen molar-refractivity contribution in [2.45, 2.75) is 33.4 Å². The molecule has 22 nitrogen and oxygen atoms in total. The lowest BCUT2D eigenvalue weighted by atomic mass is 10.1. The summed E-state index contributed by atoms with van der Waals surface area (Å²) in [4.78, 5) is -1.66. The van der Waals surface area contributed by atoms with Gasteiger partial charge in [0, 0.05) is 16.2 Å². The maximum absolute atomic E-state index is 12.7. The molecule has 0 spiro atoms. The van der Waals surface area contributed by atoms with E-state index in [0.29, 0.717) is 39.9 Å². The quantitative estimate of drug-likeness (QED) is 0.0595. The number of rotatable bonds is 11. The van der Waals surface area contributed by atoms with Gasteiger partial charge in [-0.25, -0.2) is 0 Å². The first-order chi connectivity index (χ1) is 30.9. The van der Waals surface area contributed by atoms with Crippen molar-refractivity contribution in [3.8, 4) is 11.4 Å². The smallest absolute Gasteiger partial charge is 0.296 e. The monoisotopic (exact) mass is 971 g/mol. The fourth-order valence-corrected chi connectivity index (χ4v) is 9.07. The van der Waals surface area contributed by atoms with Crippen molar-refractivity contribution >= 4 is 107 Å². The van der Waals surface area contributed by atoms with Gasteiger partial charge in [0.1, 0.15) is 26.5 Å². The molecule has 1 aromatic heterocycles. The first-order valence-electron chi connectivity index (χ1n) is 18.5. The summed E-state index contributed by atoms with van der Waals surface area (Å²) in [6.07, 6.45) is 0. The number of aryl methyl sites for hydroxylation is 2. The molecule has 0 saturated heterocycles. The summed E-state index contributed by atoms with van der Waals surface area (Å²) < 4.78 is 135. The minimum absolute atomic E-state index is 0.0391. The SMILES string of the molecule is Cc1cc(N=Nc2c(S(=O)(=O)O)cc3cc(-n4nc5ccc6c(S(=O)(=O)O)cc(S(=O)(=O)O)cc6c5n4)ccc3c2O)c(C)cc1N=Nc1ccc(N=Nc2ccc(S(=O)(=O)O)cc2)cc1. The molecule has 8 aromatic rings. The molecule has 0 atom stereocenters. The second-order valence-corrected chi connectivity index (χ2v) is 20.0. The van der Waals surface area contributed by atoms with Crippen LogP contribution in [0.2, 0.25) is 0 Å². The number of aromatic nitrogens is 3. The molecule has 66 heavy (non-hydrogen) atoms. The van der Waals surface area contributed by atoms with Crippen LogP contribution in [0.3, 0.4) is 0 Å². The molecule has 0 radical (unpaired) electrons. The number of hydrogen-bond acceptors (Lipinski definition) is 17. The number of phenols is 1. The average molecular weight is 972 g/mol. The third-order valence-electron chi connectivity index (χ3n) is 9.85. The Kier molecular flexibility index (Phi) is 11.4. The summed E-state index contributed by atoms with van der Waals surface area (Å²) >= 11 is 0. The van der Waals surface area contributed by atoms with Gasteiger partial charge in [-0.1, -0.05) is 6.07 Å². The summed E-state index contributed by atoms with van der Waals surface area (Å²) in [7, 11) is -19.3. The van der Waals surface area contributed by atoms with Gasteiger partial charge < -0.3 is 5.11 Å². The van der Waals surface area contributed by atoms with Crippen molar-refractivity contribution in [2.75, 3.05) is 0 Å². The van der Waals surface area contributed by atoms with Gasteiger partial charge in [0.05, 0.1) is 43.9 Å². The van der Waals surface area contributed by atoms with Crippen LogP contribution in [-0.4, -0.2) is 72.0 Å². The van der Waals surface area contributed by atoms with E-state index in [0.717, 1.165) is 16.9 Å². The number of benzene rings is 7. The molecule has 0 fully saturated rings. The molecular weight excluding hydrogens is 943 g/mol. The Hall–Kier alpha value is -7.30. The predicted molar refractivity (Wildman–Crippen MR) is 236 cm³/mol. The van der Waals surface area contributed by atoms with Crippen LogP contribution >= 0.6 is 0 Å². The lowest BCUT2D eigenvalue weighted by molar-refractivity contribution is 0.472. The molecule has 0 unspecified atom stereocenters. The fraction of sp³-hybridized carbons (Fsp3) is 0.0500. The van der Waals surface area contributed by atoms with Gasteiger partial charge in [0.25, 0.3) is 40.5 Å². The highest BCUT2D eigenvalue weighted by Crippen LogP contribution is 2.43. The summed E-state index contributed by atoms with van der Waals surface area (Å²) in [6, 6.07) is 24.4. The van der Waals surface area contributed by atoms with Crippen LogP contribution < -0.4 is 0 Å². The van der Waals surface area contributed by atoms with E-state index in [9.17, 15) is 52.4 Å². The molecule has 336 valence electrons. The number of aromatic hydroxyl groups is 1. The van der Waals surface area contributed by atoms with Gasteiger partial charge in [-0.15, -0.1) is 15.3 Å². The van der Waals surface area contributed by atoms with Gasteiger partial charge in [0.2, 0.25) is 0 Å². The first-order valence-corrected chi connectivity index (χ1v) is 24.3. The highest BCUT2D eigenvalue weighted by atomic mass is 32.2. The molecular formula is C40H29N9O13S4. The minimum atomic E-state index is -5.05. The van der Waals surface area contributed by atoms with E-state index in [1.165, 1.54) is 54.6 Å². The van der Waals surface area contributed by atoms with Gasteiger partial charge in [0.15, 0.2) is 5.75 Å². The van der Waals surface area contributed by atoms with Gasteiger partial charge in [-0.3, -0.25) is 18.2 Å². The number of nitrogens with zero attached hydrogens (tertiary/aromatic N) is 9. The standard InChI is InChI=1S/C40H29N9O13S4/c1-21-16-35(22(2)15-34(21)44-43-25-5-3-24(4-6-25)41-42-26-7-10-28(11-8-26)63(51,52)53)45-46-39-37(66(60,61)62)18-23-17-27(9-12-30(23)40(39)50)49-47-33-14-13-31-32(38(33)48-49)19-29(64(54,55)56)20-36(31)65(57,58)59/h3-20,50H,1-2H3,(H,51,52,53)(H,54,55,56)(H,57,58,59)(H,60,61,62). The van der Waals surface area contributed by atoms with Crippen molar-refractivity contribution < 1.29 is 57.0 Å². The van der Waals surface area contributed by atoms with Crippen LogP contribution in [0.5, 0.6) is 5.75 Å². The highest BCUT2D eigenvalue weighted by Gasteiger charge is 2.25. The zero-order valence-electron chi connectivity index (χ0n) is 33.6. The Balaban J connectivity index is 1.06. The molecule has 26 heteroatoms. The fourth-order valence-electron chi connectivity index (χ4n) is 6.59. The lowest BCUT2D eigenvalue weighted by Gasteiger charge is -2.10. The van der Waals surface area contributed by atoms with Gasteiger partial charge in [-0.05, 0) is 133 Å². The summed E-state index contributed by atoms with van der Waals surface area (Å²) in [5, 5.41) is 44.9. The maximum atomic E-state index is 12.7. The predicted octanol–water partition coefficient (Wildman–Crippen LogP) is 9.28. The molecule has 0 aliphatic heterocycles. The Morgan fingerprint density at radius 3 is 1.53 bits per heavy atom. The number of fused-ring (bicyclic) bond motifs is 4. The van der Waals surface area contributed by atoms with E-state index >= 15 is 0 Å². The van der Waals surface area contributed by atoms with Crippen LogP contribution in [0.4, 0.5) is 34.1 Å². The zero-order valence-corrected chi connectivity index (χ0v) is 36.8. The van der Waals surface area contributed by atoms with E-state index in [4.69, 9.17) is 4.55 Å². The Labute approximate surface area is 373 Å². The molecule has 0 amide bonds. The van der Waals surface area contributed by atoms with Crippen molar-refractivity contribution in [1.29, 1.82) is 0 Å². The van der Waals surface area contributed by atoms with E-state index in [-0.39, 0.29) is 48.8 Å². The lowest BCUT2D eigenvalue weighted by Crippen LogP contribution is -2.04. The number of azo groups is 3. The molecule has 5 N–H and O–H groups in total.